The molecule has 0 saturated carbocycles. The highest BCUT2D eigenvalue weighted by Crippen LogP contribution is 2.67. The van der Waals surface area contributed by atoms with Crippen LogP contribution in [0.3, 0.4) is 0 Å². The summed E-state index contributed by atoms with van der Waals surface area (Å²) < 4.78 is 19.4. The van der Waals surface area contributed by atoms with Crippen molar-refractivity contribution in [2.75, 3.05) is 27.3 Å². The number of esters is 1. The van der Waals surface area contributed by atoms with Gasteiger partial charge >= 0.3 is 5.97 Å². The summed E-state index contributed by atoms with van der Waals surface area (Å²) in [7, 11) is 3.06. The van der Waals surface area contributed by atoms with E-state index in [0.717, 1.165) is 41.7 Å². The van der Waals surface area contributed by atoms with Gasteiger partial charge in [0.05, 0.1) is 38.0 Å². The van der Waals surface area contributed by atoms with Gasteiger partial charge in [0.1, 0.15) is 5.75 Å². The Morgan fingerprint density at radius 3 is 2.93 bits per heavy atom. The summed E-state index contributed by atoms with van der Waals surface area (Å²) in [6, 6.07) is 6.19. The van der Waals surface area contributed by atoms with Crippen molar-refractivity contribution in [3.05, 3.63) is 29.5 Å². The quantitative estimate of drug-likeness (QED) is 0.797. The Kier molecular flexibility index (Phi) is 3.38. The van der Waals surface area contributed by atoms with Gasteiger partial charge in [-0.05, 0) is 30.5 Å². The first kappa shape index (κ1) is 17.7. The average molecular weight is 398 g/mol. The topological polar surface area (TPSA) is 73.2 Å². The van der Waals surface area contributed by atoms with Gasteiger partial charge in [-0.2, -0.15) is 0 Å². The van der Waals surface area contributed by atoms with Gasteiger partial charge in [0, 0.05) is 42.1 Å². The molecule has 7 heteroatoms. The molecule has 4 aliphatic rings. The lowest BCUT2D eigenvalue weighted by atomic mass is 9.62. The van der Waals surface area contributed by atoms with Crippen LogP contribution in [0.2, 0.25) is 0 Å². The molecule has 4 aliphatic heterocycles. The highest BCUT2D eigenvalue weighted by Gasteiger charge is 2.72. The molecule has 2 fully saturated rings. The van der Waals surface area contributed by atoms with Crippen LogP contribution in [-0.4, -0.2) is 60.1 Å². The summed E-state index contributed by atoms with van der Waals surface area (Å²) in [6.45, 7) is 3.62. The number of aliphatic hydroxyl groups is 1. The lowest BCUT2D eigenvalue weighted by molar-refractivity contribution is -0.191. The normalized spacial score (nSPS) is 37.0. The monoisotopic (exact) mass is 398 g/mol. The third kappa shape index (κ3) is 1.83. The molecule has 1 aromatic carbocycles. The predicted molar refractivity (Wildman–Crippen MR) is 105 cm³/mol. The van der Waals surface area contributed by atoms with E-state index in [1.54, 1.807) is 7.11 Å². The van der Waals surface area contributed by atoms with Gasteiger partial charge in [-0.25, -0.2) is 4.79 Å². The number of hydrogen-bond acceptors (Lipinski definition) is 6. The maximum Gasteiger partial charge on any atom is 0.360 e. The molecule has 1 aromatic heterocycles. The summed E-state index contributed by atoms with van der Waals surface area (Å²) in [5, 5.41) is 12.1. The first-order valence-electron chi connectivity index (χ1n) is 10.4. The van der Waals surface area contributed by atoms with Gasteiger partial charge in [-0.3, -0.25) is 4.90 Å². The third-order valence-corrected chi connectivity index (χ3v) is 7.89. The number of carbonyl (C=O) groups is 1. The van der Waals surface area contributed by atoms with E-state index in [-0.39, 0.29) is 17.6 Å². The standard InChI is InChI=1S/C22H26N2O5/c1-4-21-11-22(20(26)28-3)24-15-9-12(27-2)5-6-13(15)14-7-8-23(18(21)17(14)24)10-16(25)19(21)29-22/h5-6,9,16,18-19,25H,4,7-8,10-11H2,1-3H3/t16-,18+,19+,21-,22-/m0/s1. The number of benzene rings is 1. The van der Waals surface area contributed by atoms with Crippen LogP contribution >= 0.6 is 0 Å². The van der Waals surface area contributed by atoms with E-state index >= 15 is 0 Å². The molecule has 5 heterocycles. The number of nitrogens with zero attached hydrogens (tertiary/aromatic N) is 2. The van der Waals surface area contributed by atoms with Crippen molar-refractivity contribution in [1.82, 2.24) is 9.47 Å². The highest BCUT2D eigenvalue weighted by atomic mass is 16.6. The second-order valence-corrected chi connectivity index (χ2v) is 8.88. The molecular weight excluding hydrogens is 372 g/mol. The van der Waals surface area contributed by atoms with Crippen LogP contribution in [0.4, 0.5) is 0 Å². The van der Waals surface area contributed by atoms with E-state index in [0.29, 0.717) is 13.0 Å². The van der Waals surface area contributed by atoms with Crippen LogP contribution in [0, 0.1) is 5.41 Å². The molecule has 0 spiro atoms. The SMILES string of the molecule is CC[C@@]12C[C@@]3(C(=O)OC)O[C@@H]1[C@@H](O)CN1CCc4c(n3c3cc(OC)ccc43)[C@@H]12. The minimum atomic E-state index is -1.25. The van der Waals surface area contributed by atoms with Gasteiger partial charge in [-0.1, -0.05) is 6.92 Å². The minimum absolute atomic E-state index is 0.128. The molecule has 0 amide bonds. The molecule has 7 nitrogen and oxygen atoms in total. The second kappa shape index (κ2) is 5.53. The van der Waals surface area contributed by atoms with Gasteiger partial charge in [0.25, 0.3) is 0 Å². The molecule has 2 saturated heterocycles. The molecule has 29 heavy (non-hydrogen) atoms. The predicted octanol–water partition coefficient (Wildman–Crippen LogP) is 1.95. The van der Waals surface area contributed by atoms with Crippen LogP contribution < -0.4 is 4.74 Å². The first-order valence-corrected chi connectivity index (χ1v) is 10.4. The Balaban J connectivity index is 1.75. The smallest absolute Gasteiger partial charge is 0.360 e. The van der Waals surface area contributed by atoms with Crippen molar-refractivity contribution in [2.45, 2.75) is 50.2 Å². The Bertz CT molecular complexity index is 1050. The molecule has 2 bridgehead atoms. The van der Waals surface area contributed by atoms with Crippen molar-refractivity contribution >= 4 is 16.9 Å². The van der Waals surface area contributed by atoms with Crippen molar-refractivity contribution < 1.29 is 24.1 Å². The number of piperidine rings is 1. The number of carbonyl (C=O) groups excluding carboxylic acids is 1. The molecule has 5 atom stereocenters. The summed E-state index contributed by atoms with van der Waals surface area (Å²) >= 11 is 0. The van der Waals surface area contributed by atoms with Gasteiger partial charge < -0.3 is 23.9 Å². The summed E-state index contributed by atoms with van der Waals surface area (Å²) in [4.78, 5) is 15.7. The van der Waals surface area contributed by atoms with E-state index in [4.69, 9.17) is 14.2 Å². The van der Waals surface area contributed by atoms with E-state index in [2.05, 4.69) is 22.5 Å². The number of aromatic nitrogens is 1. The van der Waals surface area contributed by atoms with Crippen molar-refractivity contribution in [2.24, 2.45) is 5.41 Å². The Labute approximate surface area is 169 Å². The fraction of sp³-hybridized carbons (Fsp3) is 0.591. The van der Waals surface area contributed by atoms with E-state index in [1.807, 2.05) is 12.1 Å². The summed E-state index contributed by atoms with van der Waals surface area (Å²) in [6.07, 6.45) is 1.22. The number of fused-ring (bicyclic) bond motifs is 5. The highest BCUT2D eigenvalue weighted by molar-refractivity contribution is 5.91. The Hall–Kier alpha value is -2.09. The van der Waals surface area contributed by atoms with Gasteiger partial charge in [0.15, 0.2) is 0 Å². The van der Waals surface area contributed by atoms with Crippen molar-refractivity contribution in [1.29, 1.82) is 0 Å². The minimum Gasteiger partial charge on any atom is -0.497 e. The fourth-order valence-corrected chi connectivity index (χ4v) is 6.80. The van der Waals surface area contributed by atoms with E-state index in [1.165, 1.54) is 12.7 Å². The van der Waals surface area contributed by atoms with Crippen LogP contribution in [0.5, 0.6) is 5.75 Å². The maximum absolute atomic E-state index is 13.3. The Morgan fingerprint density at radius 1 is 1.38 bits per heavy atom. The summed E-state index contributed by atoms with van der Waals surface area (Å²) in [5.74, 6) is 0.346. The van der Waals surface area contributed by atoms with Crippen LogP contribution in [-0.2, 0) is 26.4 Å². The largest absolute Gasteiger partial charge is 0.497 e. The van der Waals surface area contributed by atoms with Crippen LogP contribution in [0.1, 0.15) is 37.1 Å². The number of rotatable bonds is 3. The van der Waals surface area contributed by atoms with Crippen molar-refractivity contribution in [3.8, 4) is 5.75 Å². The summed E-state index contributed by atoms with van der Waals surface area (Å²) in [5.41, 5.74) is 1.82. The Morgan fingerprint density at radius 2 is 2.21 bits per heavy atom. The molecule has 154 valence electrons. The lowest BCUT2D eigenvalue weighted by Gasteiger charge is -2.55. The zero-order chi connectivity index (χ0) is 20.1. The van der Waals surface area contributed by atoms with E-state index in [9.17, 15) is 9.90 Å². The number of methoxy groups -OCH3 is 2. The molecular formula is C22H26N2O5. The second-order valence-electron chi connectivity index (χ2n) is 8.88. The van der Waals surface area contributed by atoms with Crippen molar-refractivity contribution in [3.63, 3.8) is 0 Å². The maximum atomic E-state index is 13.3. The zero-order valence-electron chi connectivity index (χ0n) is 17.0. The number of aliphatic hydroxyl groups excluding tert-OH is 1. The molecule has 0 aliphatic carbocycles. The van der Waals surface area contributed by atoms with Gasteiger partial charge in [-0.15, -0.1) is 0 Å². The van der Waals surface area contributed by atoms with E-state index < -0.39 is 17.8 Å². The number of hydrogen-bond donors (Lipinski definition) is 1. The lowest BCUT2D eigenvalue weighted by Crippen LogP contribution is -2.61. The molecule has 6 rings (SSSR count). The molecule has 0 radical (unpaired) electrons. The van der Waals surface area contributed by atoms with Crippen LogP contribution in [0.15, 0.2) is 18.2 Å². The van der Waals surface area contributed by atoms with Gasteiger partial charge in [0.2, 0.25) is 5.72 Å². The first-order chi connectivity index (χ1) is 14.0. The molecule has 0 unspecified atom stereocenters. The number of ether oxygens (including phenoxy) is 3. The molecule has 1 N–H and O–H groups in total. The van der Waals surface area contributed by atoms with Crippen LogP contribution in [0.25, 0.3) is 10.9 Å². The fourth-order valence-electron chi connectivity index (χ4n) is 6.80. The zero-order valence-corrected chi connectivity index (χ0v) is 17.0. The average Bonchev–Trinajstić information content (AvgIpc) is 3.25. The third-order valence-electron chi connectivity index (χ3n) is 7.89. The molecule has 2 aromatic rings.